The lowest BCUT2D eigenvalue weighted by molar-refractivity contribution is 0.649. The Morgan fingerprint density at radius 2 is 1.45 bits per heavy atom. The van der Waals surface area contributed by atoms with E-state index >= 15 is 0 Å². The van der Waals surface area contributed by atoms with Crippen LogP contribution >= 0.6 is 0 Å². The minimum absolute atomic E-state index is 0.852. The van der Waals surface area contributed by atoms with E-state index < -0.39 is 0 Å². The molecule has 2 aromatic heterocycles. The van der Waals surface area contributed by atoms with Crippen LogP contribution in [0.1, 0.15) is 11.1 Å². The molecule has 146 valence electrons. The first-order valence-electron chi connectivity index (χ1n) is 10.0. The third-order valence-corrected chi connectivity index (χ3v) is 5.50. The second-order valence-electron chi connectivity index (χ2n) is 7.65. The Bertz CT molecular complexity index is 1120. The molecule has 2 aromatic carbocycles. The second kappa shape index (κ2) is 7.20. The summed E-state index contributed by atoms with van der Waals surface area (Å²) in [6.07, 6.45) is 3.55. The summed E-state index contributed by atoms with van der Waals surface area (Å²) < 4.78 is 1.92. The largest absolute Gasteiger partial charge is 0.368 e. The van der Waals surface area contributed by atoms with Crippen molar-refractivity contribution in [3.8, 4) is 5.69 Å². The summed E-state index contributed by atoms with van der Waals surface area (Å²) in [5.41, 5.74) is 5.61. The van der Waals surface area contributed by atoms with Crippen LogP contribution in [-0.4, -0.2) is 45.9 Å². The van der Waals surface area contributed by atoms with Crippen LogP contribution in [-0.2, 0) is 0 Å². The zero-order valence-corrected chi connectivity index (χ0v) is 16.8. The molecule has 6 nitrogen and oxygen atoms in total. The van der Waals surface area contributed by atoms with Gasteiger partial charge < -0.3 is 9.80 Å². The summed E-state index contributed by atoms with van der Waals surface area (Å²) in [5, 5.41) is 5.64. The zero-order valence-electron chi connectivity index (χ0n) is 16.8. The van der Waals surface area contributed by atoms with Gasteiger partial charge >= 0.3 is 0 Å². The molecule has 3 heterocycles. The van der Waals surface area contributed by atoms with Gasteiger partial charge in [-0.2, -0.15) is 5.10 Å². The first-order chi connectivity index (χ1) is 14.2. The van der Waals surface area contributed by atoms with Gasteiger partial charge in [0.15, 0.2) is 5.65 Å². The third-order valence-electron chi connectivity index (χ3n) is 5.50. The van der Waals surface area contributed by atoms with Gasteiger partial charge in [-0.3, -0.25) is 0 Å². The molecular weight excluding hydrogens is 360 g/mol. The number of fused-ring (bicyclic) bond motifs is 1. The monoisotopic (exact) mass is 384 g/mol. The molecule has 0 atom stereocenters. The van der Waals surface area contributed by atoms with Gasteiger partial charge in [-0.15, -0.1) is 0 Å². The summed E-state index contributed by atoms with van der Waals surface area (Å²) in [5.74, 6) is 0.971. The van der Waals surface area contributed by atoms with Crippen molar-refractivity contribution < 1.29 is 0 Å². The molecule has 0 unspecified atom stereocenters. The number of nitrogens with zero attached hydrogens (tertiary/aromatic N) is 6. The molecule has 1 aliphatic rings. The van der Waals surface area contributed by atoms with Crippen LogP contribution in [0.25, 0.3) is 16.7 Å². The molecule has 1 aliphatic heterocycles. The Labute approximate surface area is 170 Å². The molecule has 1 saturated heterocycles. The number of rotatable bonds is 3. The molecule has 4 aromatic rings. The number of para-hydroxylation sites is 1. The van der Waals surface area contributed by atoms with Crippen LogP contribution < -0.4 is 9.80 Å². The number of aromatic nitrogens is 4. The van der Waals surface area contributed by atoms with E-state index in [2.05, 4.69) is 87.2 Å². The van der Waals surface area contributed by atoms with Crippen molar-refractivity contribution in [2.24, 2.45) is 0 Å². The predicted molar refractivity (Wildman–Crippen MR) is 117 cm³/mol. The minimum Gasteiger partial charge on any atom is -0.368 e. The number of hydrogen-bond donors (Lipinski definition) is 0. The molecule has 0 saturated carbocycles. The summed E-state index contributed by atoms with van der Waals surface area (Å²) in [6.45, 7) is 8.01. The van der Waals surface area contributed by atoms with Gasteiger partial charge in [0.25, 0.3) is 0 Å². The highest BCUT2D eigenvalue weighted by Gasteiger charge is 2.21. The summed E-state index contributed by atoms with van der Waals surface area (Å²) in [4.78, 5) is 13.9. The van der Waals surface area contributed by atoms with E-state index in [1.54, 1.807) is 6.33 Å². The van der Waals surface area contributed by atoms with Crippen LogP contribution in [0.3, 0.4) is 0 Å². The SMILES string of the molecule is Cc1cc(C)cc(-n2ncc3c(N4CCN(c5ccccc5)CC4)ncnc32)c1. The molecule has 0 N–H and O–H groups in total. The maximum absolute atomic E-state index is 4.64. The highest BCUT2D eigenvalue weighted by Crippen LogP contribution is 2.27. The smallest absolute Gasteiger partial charge is 0.168 e. The van der Waals surface area contributed by atoms with Crippen LogP contribution in [0.5, 0.6) is 0 Å². The molecule has 6 heteroatoms. The lowest BCUT2D eigenvalue weighted by Crippen LogP contribution is -2.46. The first kappa shape index (κ1) is 17.7. The van der Waals surface area contributed by atoms with E-state index in [9.17, 15) is 0 Å². The number of benzene rings is 2. The van der Waals surface area contributed by atoms with Gasteiger partial charge in [0.05, 0.1) is 17.3 Å². The molecule has 0 radical (unpaired) electrons. The maximum atomic E-state index is 4.64. The van der Waals surface area contributed by atoms with E-state index in [4.69, 9.17) is 0 Å². The normalized spacial score (nSPS) is 14.6. The molecule has 29 heavy (non-hydrogen) atoms. The van der Waals surface area contributed by atoms with E-state index in [1.165, 1.54) is 16.8 Å². The minimum atomic E-state index is 0.852. The van der Waals surface area contributed by atoms with Crippen molar-refractivity contribution in [2.45, 2.75) is 13.8 Å². The number of anilines is 2. The van der Waals surface area contributed by atoms with E-state index in [-0.39, 0.29) is 0 Å². The van der Waals surface area contributed by atoms with E-state index in [0.717, 1.165) is 48.7 Å². The quantitative estimate of drug-likeness (QED) is 0.538. The predicted octanol–water partition coefficient (Wildman–Crippen LogP) is 3.76. The summed E-state index contributed by atoms with van der Waals surface area (Å²) >= 11 is 0. The van der Waals surface area contributed by atoms with Crippen molar-refractivity contribution in [2.75, 3.05) is 36.0 Å². The molecule has 0 bridgehead atoms. The van der Waals surface area contributed by atoms with Crippen LogP contribution in [0.2, 0.25) is 0 Å². The Morgan fingerprint density at radius 1 is 0.759 bits per heavy atom. The van der Waals surface area contributed by atoms with Crippen molar-refractivity contribution in [3.63, 3.8) is 0 Å². The highest BCUT2D eigenvalue weighted by atomic mass is 15.3. The lowest BCUT2D eigenvalue weighted by atomic mass is 10.1. The van der Waals surface area contributed by atoms with Gasteiger partial charge in [-0.1, -0.05) is 24.3 Å². The van der Waals surface area contributed by atoms with Crippen molar-refractivity contribution in [3.05, 3.63) is 72.2 Å². The average Bonchev–Trinajstić information content (AvgIpc) is 3.18. The average molecular weight is 384 g/mol. The van der Waals surface area contributed by atoms with Gasteiger partial charge in [-0.25, -0.2) is 14.6 Å². The molecular formula is C23H24N6. The molecule has 1 fully saturated rings. The van der Waals surface area contributed by atoms with Gasteiger partial charge in [0, 0.05) is 31.9 Å². The maximum Gasteiger partial charge on any atom is 0.168 e. The van der Waals surface area contributed by atoms with Crippen LogP contribution in [0.4, 0.5) is 11.5 Å². The molecule has 0 aliphatic carbocycles. The fourth-order valence-corrected chi connectivity index (χ4v) is 4.16. The second-order valence-corrected chi connectivity index (χ2v) is 7.65. The van der Waals surface area contributed by atoms with Crippen LogP contribution in [0.15, 0.2) is 61.1 Å². The van der Waals surface area contributed by atoms with Crippen molar-refractivity contribution >= 4 is 22.5 Å². The number of aryl methyl sites for hydroxylation is 2. The van der Waals surface area contributed by atoms with Crippen molar-refractivity contribution in [1.82, 2.24) is 19.7 Å². The first-order valence-corrected chi connectivity index (χ1v) is 10.0. The van der Waals surface area contributed by atoms with E-state index in [1.807, 2.05) is 10.9 Å². The zero-order chi connectivity index (χ0) is 19.8. The van der Waals surface area contributed by atoms with Gasteiger partial charge in [0.2, 0.25) is 0 Å². The molecule has 0 spiro atoms. The van der Waals surface area contributed by atoms with Crippen molar-refractivity contribution in [1.29, 1.82) is 0 Å². The topological polar surface area (TPSA) is 50.1 Å². The standard InChI is InChI=1S/C23H24N6/c1-17-12-18(2)14-20(13-17)29-23-21(15-26-29)22(24-16-25-23)28-10-8-27(9-11-28)19-6-4-3-5-7-19/h3-7,12-16H,8-11H2,1-2H3. The highest BCUT2D eigenvalue weighted by molar-refractivity contribution is 5.87. The fourth-order valence-electron chi connectivity index (χ4n) is 4.16. The molecule has 0 amide bonds. The Hall–Kier alpha value is -3.41. The number of piperazine rings is 1. The lowest BCUT2D eigenvalue weighted by Gasteiger charge is -2.36. The fraction of sp³-hybridized carbons (Fsp3) is 0.261. The summed E-state index contributed by atoms with van der Waals surface area (Å²) in [7, 11) is 0. The molecule has 5 rings (SSSR count). The Morgan fingerprint density at radius 3 is 2.17 bits per heavy atom. The van der Waals surface area contributed by atoms with Gasteiger partial charge in [-0.05, 0) is 49.2 Å². The number of hydrogen-bond acceptors (Lipinski definition) is 5. The summed E-state index contributed by atoms with van der Waals surface area (Å²) in [6, 6.07) is 17.0. The third kappa shape index (κ3) is 3.31. The van der Waals surface area contributed by atoms with E-state index in [0.29, 0.717) is 0 Å². The Kier molecular flexibility index (Phi) is 4.39. The van der Waals surface area contributed by atoms with Crippen LogP contribution in [0, 0.1) is 13.8 Å². The van der Waals surface area contributed by atoms with Gasteiger partial charge in [0.1, 0.15) is 12.1 Å². The Balaban J connectivity index is 1.44.